The fourth-order valence-electron chi connectivity index (χ4n) is 1.99. The number of nitrogens with zero attached hydrogens (tertiary/aromatic N) is 1. The van der Waals surface area contributed by atoms with Gasteiger partial charge in [0.2, 0.25) is 0 Å². The van der Waals surface area contributed by atoms with Crippen LogP contribution < -0.4 is 10.7 Å². The van der Waals surface area contributed by atoms with Crippen LogP contribution in [0.1, 0.15) is 22.8 Å². The summed E-state index contributed by atoms with van der Waals surface area (Å²) >= 11 is 5.82. The molecule has 2 N–H and O–H groups in total. The molecule has 0 saturated heterocycles. The van der Waals surface area contributed by atoms with Gasteiger partial charge in [0.1, 0.15) is 0 Å². The van der Waals surface area contributed by atoms with Crippen molar-refractivity contribution in [3.05, 3.63) is 76.3 Å². The summed E-state index contributed by atoms with van der Waals surface area (Å²) < 4.78 is 0. The first-order chi connectivity index (χ1) is 12.0. The molecule has 0 aliphatic carbocycles. The predicted molar refractivity (Wildman–Crippen MR) is 101 cm³/mol. The zero-order valence-electron chi connectivity index (χ0n) is 13.7. The molecule has 128 valence electrons. The van der Waals surface area contributed by atoms with Crippen molar-refractivity contribution >= 4 is 35.7 Å². The van der Waals surface area contributed by atoms with E-state index >= 15 is 0 Å². The van der Waals surface area contributed by atoms with E-state index in [-0.39, 0.29) is 12.5 Å². The third kappa shape index (κ3) is 6.61. The lowest BCUT2D eigenvalue weighted by atomic mass is 10.1. The number of benzene rings is 2. The summed E-state index contributed by atoms with van der Waals surface area (Å²) in [5.74, 6) is -0.791. The zero-order valence-corrected chi connectivity index (χ0v) is 14.5. The fourth-order valence-corrected chi connectivity index (χ4v) is 2.18. The van der Waals surface area contributed by atoms with Crippen LogP contribution in [-0.2, 0) is 4.79 Å². The van der Waals surface area contributed by atoms with Gasteiger partial charge in [-0.25, -0.2) is 5.43 Å². The molecule has 0 spiro atoms. The Morgan fingerprint density at radius 2 is 1.88 bits per heavy atom. The summed E-state index contributed by atoms with van der Waals surface area (Å²) in [6, 6.07) is 16.3. The predicted octanol–water partition coefficient (Wildman–Crippen LogP) is 3.28. The highest BCUT2D eigenvalue weighted by Gasteiger charge is 2.07. The Balaban J connectivity index is 1.78. The molecular weight excluding hydrogens is 338 g/mol. The summed E-state index contributed by atoms with van der Waals surface area (Å²) in [6.45, 7) is 1.70. The molecule has 0 radical (unpaired) electrons. The number of halogens is 1. The Hall–Kier alpha value is -2.92. The second kappa shape index (κ2) is 9.39. The maximum atomic E-state index is 11.9. The summed E-state index contributed by atoms with van der Waals surface area (Å²) in [5.41, 5.74) is 4.69. The van der Waals surface area contributed by atoms with Gasteiger partial charge in [0.05, 0.1) is 12.8 Å². The topological polar surface area (TPSA) is 70.6 Å². The molecule has 0 aliphatic heterocycles. The minimum Gasteiger partial charge on any atom is -0.343 e. The molecule has 6 heteroatoms. The van der Waals surface area contributed by atoms with Gasteiger partial charge in [-0.05, 0) is 36.3 Å². The van der Waals surface area contributed by atoms with Crippen molar-refractivity contribution in [2.75, 3.05) is 6.54 Å². The van der Waals surface area contributed by atoms with Gasteiger partial charge in [-0.2, -0.15) is 5.10 Å². The van der Waals surface area contributed by atoms with Crippen LogP contribution in [-0.4, -0.2) is 24.6 Å². The standard InChI is InChI=1S/C19H18ClN3O2/c1-14(10-15-6-3-2-4-7-15)12-22-23-18(24)13-21-19(25)16-8-5-9-17(20)11-16/h2-12H,13H2,1H3,(H,21,25)(H,23,24)/b14-10-,22-12-. The number of carbonyl (C=O) groups excluding carboxylic acids is 2. The largest absolute Gasteiger partial charge is 0.343 e. The Morgan fingerprint density at radius 1 is 1.12 bits per heavy atom. The van der Waals surface area contributed by atoms with E-state index in [0.717, 1.165) is 11.1 Å². The Bertz CT molecular complexity index is 801. The lowest BCUT2D eigenvalue weighted by Crippen LogP contribution is -2.34. The van der Waals surface area contributed by atoms with E-state index in [2.05, 4.69) is 15.8 Å². The molecule has 0 aliphatic rings. The molecule has 2 aromatic rings. The molecule has 0 aromatic heterocycles. The Morgan fingerprint density at radius 3 is 2.60 bits per heavy atom. The zero-order chi connectivity index (χ0) is 18.1. The smallest absolute Gasteiger partial charge is 0.259 e. The van der Waals surface area contributed by atoms with Crippen molar-refractivity contribution in [3.63, 3.8) is 0 Å². The maximum absolute atomic E-state index is 11.9. The first-order valence-electron chi connectivity index (χ1n) is 7.63. The maximum Gasteiger partial charge on any atom is 0.259 e. The van der Waals surface area contributed by atoms with E-state index in [4.69, 9.17) is 11.6 Å². The highest BCUT2D eigenvalue weighted by molar-refractivity contribution is 6.30. The fraction of sp³-hybridized carbons (Fsp3) is 0.105. The number of hydrazone groups is 1. The monoisotopic (exact) mass is 355 g/mol. The van der Waals surface area contributed by atoms with Crippen LogP contribution >= 0.6 is 11.6 Å². The molecule has 2 aromatic carbocycles. The van der Waals surface area contributed by atoms with Gasteiger partial charge >= 0.3 is 0 Å². The average Bonchev–Trinajstić information content (AvgIpc) is 2.60. The van der Waals surface area contributed by atoms with Crippen LogP contribution in [0.15, 0.2) is 65.3 Å². The Labute approximate surface area is 151 Å². The van der Waals surface area contributed by atoms with Gasteiger partial charge in [-0.1, -0.05) is 54.1 Å². The van der Waals surface area contributed by atoms with Crippen molar-refractivity contribution in [2.24, 2.45) is 5.10 Å². The van der Waals surface area contributed by atoms with Crippen LogP contribution in [0.25, 0.3) is 6.08 Å². The molecule has 0 atom stereocenters. The van der Waals surface area contributed by atoms with Gasteiger partial charge < -0.3 is 5.32 Å². The summed E-state index contributed by atoms with van der Waals surface area (Å²) in [5, 5.41) is 6.83. The van der Waals surface area contributed by atoms with Crippen LogP contribution in [0.2, 0.25) is 5.02 Å². The Kier molecular flexibility index (Phi) is 6.92. The number of rotatable bonds is 6. The van der Waals surface area contributed by atoms with Crippen LogP contribution in [0.4, 0.5) is 0 Å². The molecule has 0 bridgehead atoms. The number of nitrogens with one attached hydrogen (secondary N) is 2. The van der Waals surface area contributed by atoms with E-state index in [1.807, 2.05) is 43.3 Å². The lowest BCUT2D eigenvalue weighted by Gasteiger charge is -2.04. The molecule has 2 amide bonds. The van der Waals surface area contributed by atoms with Crippen LogP contribution in [0.5, 0.6) is 0 Å². The summed E-state index contributed by atoms with van der Waals surface area (Å²) in [7, 11) is 0. The van der Waals surface area contributed by atoms with Gasteiger partial charge in [-0.3, -0.25) is 9.59 Å². The number of carbonyl (C=O) groups is 2. The summed E-state index contributed by atoms with van der Waals surface area (Å²) in [4.78, 5) is 23.6. The molecule has 5 nitrogen and oxygen atoms in total. The van der Waals surface area contributed by atoms with Crippen molar-refractivity contribution < 1.29 is 9.59 Å². The third-order valence-electron chi connectivity index (χ3n) is 3.15. The van der Waals surface area contributed by atoms with Crippen LogP contribution in [0.3, 0.4) is 0 Å². The molecule has 0 saturated carbocycles. The SMILES string of the molecule is CC(/C=N\NC(=O)CNC(=O)c1cccc(Cl)c1)=C/c1ccccc1. The van der Waals surface area contributed by atoms with E-state index in [1.165, 1.54) is 6.07 Å². The van der Waals surface area contributed by atoms with Gasteiger partial charge in [0.25, 0.3) is 11.8 Å². The third-order valence-corrected chi connectivity index (χ3v) is 3.38. The van der Waals surface area contributed by atoms with Gasteiger partial charge in [0, 0.05) is 10.6 Å². The van der Waals surface area contributed by atoms with Crippen molar-refractivity contribution in [1.29, 1.82) is 0 Å². The molecular formula is C19H18ClN3O2. The average molecular weight is 356 g/mol. The van der Waals surface area contributed by atoms with E-state index in [0.29, 0.717) is 10.6 Å². The second-order valence-corrected chi connectivity index (χ2v) is 5.72. The van der Waals surface area contributed by atoms with Crippen LogP contribution in [0, 0.1) is 0 Å². The number of amides is 2. The first kappa shape index (κ1) is 18.4. The number of allylic oxidation sites excluding steroid dienone is 1. The normalized spacial score (nSPS) is 11.4. The highest BCUT2D eigenvalue weighted by atomic mass is 35.5. The molecule has 0 heterocycles. The quantitative estimate of drug-likeness (QED) is 0.616. The lowest BCUT2D eigenvalue weighted by molar-refractivity contribution is -0.120. The van der Waals surface area contributed by atoms with E-state index in [9.17, 15) is 9.59 Å². The summed E-state index contributed by atoms with van der Waals surface area (Å²) in [6.07, 6.45) is 3.49. The van der Waals surface area contributed by atoms with E-state index < -0.39 is 5.91 Å². The highest BCUT2D eigenvalue weighted by Crippen LogP contribution is 2.10. The molecule has 25 heavy (non-hydrogen) atoms. The second-order valence-electron chi connectivity index (χ2n) is 5.29. The van der Waals surface area contributed by atoms with Gasteiger partial charge in [-0.15, -0.1) is 0 Å². The van der Waals surface area contributed by atoms with Crippen molar-refractivity contribution in [3.8, 4) is 0 Å². The molecule has 0 unspecified atom stereocenters. The number of hydrogen-bond donors (Lipinski definition) is 2. The first-order valence-corrected chi connectivity index (χ1v) is 8.01. The van der Waals surface area contributed by atoms with Crippen molar-refractivity contribution in [1.82, 2.24) is 10.7 Å². The number of hydrogen-bond acceptors (Lipinski definition) is 3. The van der Waals surface area contributed by atoms with Crippen molar-refractivity contribution in [2.45, 2.75) is 6.92 Å². The van der Waals surface area contributed by atoms with E-state index in [1.54, 1.807) is 24.4 Å². The minimum atomic E-state index is -0.417. The minimum absolute atomic E-state index is 0.176. The molecule has 2 rings (SSSR count). The van der Waals surface area contributed by atoms with Gasteiger partial charge in [0.15, 0.2) is 0 Å². The molecule has 0 fully saturated rings.